The Kier molecular flexibility index (Phi) is 1.42. The number of aromatic carboxylic acids is 1. The lowest BCUT2D eigenvalue weighted by Crippen LogP contribution is -2.10. The molecule has 0 bridgehead atoms. The van der Waals surface area contributed by atoms with Gasteiger partial charge in [-0.05, 0) is 0 Å². The quantitative estimate of drug-likeness (QED) is 0.630. The second-order valence-electron chi connectivity index (χ2n) is 2.45. The summed E-state index contributed by atoms with van der Waals surface area (Å²) in [7, 11) is 0. The first-order valence-electron chi connectivity index (χ1n) is 3.48. The van der Waals surface area contributed by atoms with E-state index in [-0.39, 0.29) is 17.0 Å². The van der Waals surface area contributed by atoms with Gasteiger partial charge >= 0.3 is 5.97 Å². The molecule has 2 heterocycles. The van der Waals surface area contributed by atoms with E-state index >= 15 is 0 Å². The summed E-state index contributed by atoms with van der Waals surface area (Å²) in [5, 5.41) is 8.60. The monoisotopic (exact) mass is 179 g/mol. The molecular weight excluding hydrogens is 174 g/mol. The summed E-state index contributed by atoms with van der Waals surface area (Å²) < 4.78 is 1.14. The SMILES string of the molecule is O=C(O)c1cn2c(=O)ccnc2[nH]1. The lowest BCUT2D eigenvalue weighted by Gasteiger charge is -1.85. The summed E-state index contributed by atoms with van der Waals surface area (Å²) in [6.07, 6.45) is 2.52. The predicted octanol–water partition coefficient (Wildman–Crippen LogP) is -0.279. The first-order chi connectivity index (χ1) is 6.18. The number of hydrogen-bond donors (Lipinski definition) is 2. The molecule has 0 amide bonds. The summed E-state index contributed by atoms with van der Waals surface area (Å²) in [5.74, 6) is -0.894. The maximum atomic E-state index is 11.1. The fourth-order valence-electron chi connectivity index (χ4n) is 1.03. The Morgan fingerprint density at radius 1 is 1.62 bits per heavy atom. The van der Waals surface area contributed by atoms with Crippen molar-refractivity contribution in [1.29, 1.82) is 0 Å². The van der Waals surface area contributed by atoms with Gasteiger partial charge in [-0.2, -0.15) is 0 Å². The smallest absolute Gasteiger partial charge is 0.353 e. The number of imidazole rings is 1. The number of carboxylic acids is 1. The lowest BCUT2D eigenvalue weighted by molar-refractivity contribution is 0.0691. The standard InChI is InChI=1S/C7H5N3O3/c11-5-1-2-8-7-9-4(6(12)13)3-10(5)7/h1-3H,(H,8,9)(H,12,13). The maximum Gasteiger partial charge on any atom is 0.353 e. The van der Waals surface area contributed by atoms with Crippen molar-refractivity contribution < 1.29 is 9.90 Å². The van der Waals surface area contributed by atoms with Gasteiger partial charge in [0.15, 0.2) is 0 Å². The number of hydrogen-bond acceptors (Lipinski definition) is 3. The van der Waals surface area contributed by atoms with E-state index in [0.717, 1.165) is 4.40 Å². The molecule has 0 saturated carbocycles. The first-order valence-corrected chi connectivity index (χ1v) is 3.48. The Morgan fingerprint density at radius 3 is 3.00 bits per heavy atom. The van der Waals surface area contributed by atoms with Crippen LogP contribution < -0.4 is 5.56 Å². The zero-order chi connectivity index (χ0) is 9.42. The Bertz CT molecular complexity index is 525. The predicted molar refractivity (Wildman–Crippen MR) is 42.8 cm³/mol. The van der Waals surface area contributed by atoms with Crippen LogP contribution in [0.3, 0.4) is 0 Å². The molecule has 0 saturated heterocycles. The van der Waals surface area contributed by atoms with Crippen LogP contribution in [0.4, 0.5) is 0 Å². The van der Waals surface area contributed by atoms with E-state index in [1.807, 2.05) is 0 Å². The van der Waals surface area contributed by atoms with Gasteiger partial charge in [0, 0.05) is 18.5 Å². The molecule has 2 N–H and O–H groups in total. The van der Waals surface area contributed by atoms with Crippen LogP contribution in [0.5, 0.6) is 0 Å². The van der Waals surface area contributed by atoms with Crippen LogP contribution in [-0.4, -0.2) is 25.4 Å². The zero-order valence-corrected chi connectivity index (χ0v) is 6.39. The number of H-pyrrole nitrogens is 1. The minimum absolute atomic E-state index is 0.0594. The highest BCUT2D eigenvalue weighted by molar-refractivity contribution is 5.85. The highest BCUT2D eigenvalue weighted by atomic mass is 16.4. The van der Waals surface area contributed by atoms with Gasteiger partial charge in [-0.3, -0.25) is 9.20 Å². The highest BCUT2D eigenvalue weighted by Crippen LogP contribution is 1.97. The summed E-state index contributed by atoms with van der Waals surface area (Å²) in [4.78, 5) is 27.9. The summed E-state index contributed by atoms with van der Waals surface area (Å²) in [6, 6.07) is 1.26. The number of nitrogens with one attached hydrogen (secondary N) is 1. The largest absolute Gasteiger partial charge is 0.477 e. The topological polar surface area (TPSA) is 87.5 Å². The van der Waals surface area contributed by atoms with E-state index < -0.39 is 5.97 Å². The summed E-state index contributed by atoms with van der Waals surface area (Å²) in [5.41, 5.74) is -0.371. The van der Waals surface area contributed by atoms with Crippen LogP contribution in [0.2, 0.25) is 0 Å². The fourth-order valence-corrected chi connectivity index (χ4v) is 1.03. The van der Waals surface area contributed by atoms with Gasteiger partial charge in [0.25, 0.3) is 5.56 Å². The minimum Gasteiger partial charge on any atom is -0.477 e. The van der Waals surface area contributed by atoms with Crippen LogP contribution in [-0.2, 0) is 0 Å². The van der Waals surface area contributed by atoms with E-state index in [1.54, 1.807) is 0 Å². The number of aromatic amines is 1. The van der Waals surface area contributed by atoms with Crippen molar-refractivity contribution in [2.24, 2.45) is 0 Å². The van der Waals surface area contributed by atoms with Crippen LogP contribution in [0.1, 0.15) is 10.5 Å². The van der Waals surface area contributed by atoms with Crippen molar-refractivity contribution in [1.82, 2.24) is 14.4 Å². The Balaban J connectivity index is 2.83. The van der Waals surface area contributed by atoms with E-state index in [2.05, 4.69) is 9.97 Å². The van der Waals surface area contributed by atoms with Gasteiger partial charge in [0.1, 0.15) is 5.69 Å². The lowest BCUT2D eigenvalue weighted by atomic mass is 10.5. The third-order valence-corrected chi connectivity index (χ3v) is 1.61. The molecule has 13 heavy (non-hydrogen) atoms. The molecule has 0 aliphatic rings. The number of aromatic nitrogens is 3. The molecule has 66 valence electrons. The number of carbonyl (C=O) groups is 1. The highest BCUT2D eigenvalue weighted by Gasteiger charge is 2.07. The second-order valence-corrected chi connectivity index (χ2v) is 2.45. The van der Waals surface area contributed by atoms with Gasteiger partial charge in [-0.1, -0.05) is 0 Å². The van der Waals surface area contributed by atoms with Crippen molar-refractivity contribution in [3.05, 3.63) is 34.5 Å². The van der Waals surface area contributed by atoms with Crippen LogP contribution in [0, 0.1) is 0 Å². The van der Waals surface area contributed by atoms with Crippen LogP contribution in [0.15, 0.2) is 23.3 Å². The molecule has 0 unspecified atom stereocenters. The van der Waals surface area contributed by atoms with Gasteiger partial charge < -0.3 is 10.1 Å². The van der Waals surface area contributed by atoms with E-state index in [9.17, 15) is 9.59 Å². The molecule has 2 rings (SSSR count). The molecule has 0 radical (unpaired) electrons. The van der Waals surface area contributed by atoms with Gasteiger partial charge in [-0.15, -0.1) is 0 Å². The Morgan fingerprint density at radius 2 is 2.38 bits per heavy atom. The number of rotatable bonds is 1. The van der Waals surface area contributed by atoms with Crippen molar-refractivity contribution in [2.45, 2.75) is 0 Å². The average Bonchev–Trinajstić information content (AvgIpc) is 2.49. The van der Waals surface area contributed by atoms with E-state index in [1.165, 1.54) is 18.5 Å². The Hall–Kier alpha value is -2.11. The van der Waals surface area contributed by atoms with Gasteiger partial charge in [0.2, 0.25) is 5.78 Å². The van der Waals surface area contributed by atoms with Crippen LogP contribution in [0.25, 0.3) is 5.78 Å². The van der Waals surface area contributed by atoms with Gasteiger partial charge in [0.05, 0.1) is 0 Å². The number of fused-ring (bicyclic) bond motifs is 1. The zero-order valence-electron chi connectivity index (χ0n) is 6.39. The van der Waals surface area contributed by atoms with E-state index in [0.29, 0.717) is 0 Å². The molecule has 0 aliphatic carbocycles. The average molecular weight is 179 g/mol. The number of carboxylic acid groups (broad SMARTS) is 1. The van der Waals surface area contributed by atoms with Crippen molar-refractivity contribution in [3.63, 3.8) is 0 Å². The molecular formula is C7H5N3O3. The fraction of sp³-hybridized carbons (Fsp3) is 0. The third kappa shape index (κ3) is 1.08. The normalized spacial score (nSPS) is 10.5. The molecule has 0 aliphatic heterocycles. The Labute approximate surface area is 71.5 Å². The summed E-state index contributed by atoms with van der Waals surface area (Å²) >= 11 is 0. The summed E-state index contributed by atoms with van der Waals surface area (Å²) in [6.45, 7) is 0. The van der Waals surface area contributed by atoms with Gasteiger partial charge in [-0.25, -0.2) is 9.78 Å². The van der Waals surface area contributed by atoms with Crippen LogP contribution >= 0.6 is 0 Å². The second kappa shape index (κ2) is 2.44. The number of nitrogens with zero attached hydrogens (tertiary/aromatic N) is 2. The molecule has 2 aromatic rings. The molecule has 2 aromatic heterocycles. The van der Waals surface area contributed by atoms with Crippen molar-refractivity contribution >= 4 is 11.7 Å². The molecule has 0 fully saturated rings. The van der Waals surface area contributed by atoms with Crippen molar-refractivity contribution in [2.75, 3.05) is 0 Å². The van der Waals surface area contributed by atoms with Crippen molar-refractivity contribution in [3.8, 4) is 0 Å². The molecule has 6 nitrogen and oxygen atoms in total. The molecule has 0 spiro atoms. The third-order valence-electron chi connectivity index (χ3n) is 1.61. The molecule has 0 aromatic carbocycles. The van der Waals surface area contributed by atoms with E-state index in [4.69, 9.17) is 5.11 Å². The maximum absolute atomic E-state index is 11.1. The molecule has 0 atom stereocenters. The minimum atomic E-state index is -1.12. The first kappa shape index (κ1) is 7.53. The molecule has 6 heteroatoms.